The van der Waals surface area contributed by atoms with Gasteiger partial charge in [0.1, 0.15) is 11.9 Å². The first-order valence-electron chi connectivity index (χ1n) is 33.5. The van der Waals surface area contributed by atoms with Gasteiger partial charge in [0.2, 0.25) is 0 Å². The monoisotopic (exact) mass is 1700 g/mol. The average Bonchev–Trinajstić information content (AvgIpc) is 1.15. The Morgan fingerprint density at radius 2 is 0.551 bits per heavy atom. The first kappa shape index (κ1) is 99.3. The molecule has 0 saturated heterocycles. The van der Waals surface area contributed by atoms with E-state index in [4.69, 9.17) is 56.8 Å². The summed E-state index contributed by atoms with van der Waals surface area (Å²) >= 11 is 0. The van der Waals surface area contributed by atoms with Crippen LogP contribution < -0.4 is 10.2 Å². The van der Waals surface area contributed by atoms with Gasteiger partial charge in [-0.1, -0.05) is 151 Å². The number of carbonyl (C=O) groups is 2. The van der Waals surface area contributed by atoms with Gasteiger partial charge in [0.05, 0.1) is 13.2 Å². The first-order chi connectivity index (χ1) is 45.6. The molecule has 8 fully saturated rings. The number of halogens is 6. The number of nitrogens with zero attached hydrogens (tertiary/aromatic N) is 2. The van der Waals surface area contributed by atoms with Gasteiger partial charge in [-0.25, -0.2) is 0 Å². The maximum Gasteiger partial charge on any atom is 0.0671 e. The summed E-state index contributed by atoms with van der Waals surface area (Å²) in [5, 5.41) is 17.6. The van der Waals surface area contributed by atoms with E-state index in [9.17, 15) is 26.3 Å². The first-order valence-corrected chi connectivity index (χ1v) is 39.1. The topological polar surface area (TPSA) is 225 Å². The van der Waals surface area contributed by atoms with Crippen LogP contribution in [-0.2, 0) is 146 Å². The molecule has 8 aliphatic carbocycles. The third-order valence-electron chi connectivity index (χ3n) is 20.1. The number of carboxylic acids is 2. The van der Waals surface area contributed by atoms with Crippen LogP contribution in [0.4, 0.5) is 26.3 Å². The molecule has 550 valence electrons. The van der Waals surface area contributed by atoms with E-state index in [2.05, 4.69) is 97.8 Å². The van der Waals surface area contributed by atoms with E-state index in [0.717, 1.165) is 58.5 Å². The fourth-order valence-corrected chi connectivity index (χ4v) is 30.4. The summed E-state index contributed by atoms with van der Waals surface area (Å²) in [7, 11) is -0.538. The molecule has 28 heteroatoms. The largest absolute Gasteiger partial charge is 0.357 e. The van der Waals surface area contributed by atoms with Crippen molar-refractivity contribution < 1.29 is 157 Å². The molecule has 0 aromatic heterocycles. The number of benzene rings is 2. The van der Waals surface area contributed by atoms with E-state index < -0.39 is 24.3 Å². The van der Waals surface area contributed by atoms with Gasteiger partial charge in [-0.15, -0.1) is 0 Å². The molecule has 10 aliphatic rings. The van der Waals surface area contributed by atoms with Gasteiger partial charge in [-0.2, -0.15) is 26.3 Å². The van der Waals surface area contributed by atoms with Gasteiger partial charge in [0.25, 0.3) is 0 Å². The summed E-state index contributed by atoms with van der Waals surface area (Å²) in [5.41, 5.74) is 14.1. The minimum Gasteiger partial charge on any atom is -0.357 e. The fraction of sp³-hybridized carbons (Fsp3) is 0.714. The standard InChI is InChI=1S/2C30H47NOP2.2C2HF3O2.6CO.2Cr.2Rh/c2*1-2-12-25-22-31(33(27-13-3-4-14-27)28-15-5-6-16-28)26(21-24(25)11-1)23-32-34(29-17-7-8-18-29)30-19-9-10-20-30;2*3-2(4,5)1(6)7;6*1-2;;;;/h2*1-2,11-12,26-30H,3-10,13-23H2;2*(H,6,7);;;;;;;;;;/p-2/t2*26-;;;;;;;;;;;;/m00............/s1. The number of aliphatic carboxylic acids is 2. The number of hydrogen-bond donors (Lipinski definition) is 0. The molecule has 98 heavy (non-hydrogen) atoms. The molecule has 2 atom stereocenters. The van der Waals surface area contributed by atoms with Crippen LogP contribution in [0.25, 0.3) is 0 Å². The van der Waals surface area contributed by atoms with Crippen molar-refractivity contribution in [1.29, 1.82) is 0 Å². The molecule has 12 rings (SSSR count). The van der Waals surface area contributed by atoms with Crippen molar-refractivity contribution in [2.75, 3.05) is 13.2 Å². The van der Waals surface area contributed by atoms with Crippen LogP contribution in [0.5, 0.6) is 0 Å². The number of alkyl halides is 6. The molecule has 0 spiro atoms. The summed E-state index contributed by atoms with van der Waals surface area (Å²) in [6.45, 7) is 31.4. The third kappa shape index (κ3) is 31.8. The van der Waals surface area contributed by atoms with Gasteiger partial charge in [0, 0.05) is 138 Å². The van der Waals surface area contributed by atoms with E-state index in [1.165, 1.54) is 231 Å². The molecule has 2 aromatic carbocycles. The van der Waals surface area contributed by atoms with Crippen molar-refractivity contribution in [3.8, 4) is 0 Å². The molecular formula is C70H94Cr2F6N2O12P4Rh2-2. The molecule has 0 unspecified atom stereocenters. The number of carboxylic acid groups (broad SMARTS) is 2. The zero-order valence-electron chi connectivity index (χ0n) is 55.6. The zero-order chi connectivity index (χ0) is 69.6. The van der Waals surface area contributed by atoms with Crippen molar-refractivity contribution in [3.05, 3.63) is 111 Å². The molecule has 2 aromatic rings. The zero-order valence-corrected chi connectivity index (χ0v) is 65.0. The Morgan fingerprint density at radius 1 is 0.378 bits per heavy atom. The van der Waals surface area contributed by atoms with Crippen molar-refractivity contribution in [2.45, 2.75) is 301 Å². The second kappa shape index (κ2) is 55.7. The molecule has 0 amide bonds. The van der Waals surface area contributed by atoms with Crippen LogP contribution in [0.3, 0.4) is 0 Å². The SMILES string of the molecule is O=C([O-])C(F)(F)F.O=C([O-])C(F)(F)F.[C-]#[O+].[C-]#[O+].[C-]#[O+].[C-]#[O+].[C-]#[O+].[C-]#[O+].[Cr].[Cr].[Rh].[Rh].c1ccc2c(c1)C[C@@H](COP(C1CCCC1)C1CCCC1)N(P(C1CCCC1)C1CCCC1)C2.c1ccc2c(c1)C[C@@H](COP(C1CCCC1)C1CCCC1)N(P(C1CCCC1)C1CCCC1)C2. The van der Waals surface area contributed by atoms with Gasteiger partial charge in [0.15, 0.2) is 0 Å². The fourth-order valence-electron chi connectivity index (χ4n) is 16.1. The van der Waals surface area contributed by atoms with Gasteiger partial charge in [-0.05, 0) is 177 Å². The molecule has 14 nitrogen and oxygen atoms in total. The normalized spacial score (nSPS) is 21.2. The third-order valence-corrected chi connectivity index (χ3v) is 33.1. The van der Waals surface area contributed by atoms with Crippen LogP contribution in [0.1, 0.15) is 228 Å². The van der Waals surface area contributed by atoms with Crippen molar-refractivity contribution >= 4 is 44.4 Å². The number of hydrogen-bond acceptors (Lipinski definition) is 8. The van der Waals surface area contributed by atoms with Crippen LogP contribution in [0.2, 0.25) is 0 Å². The quantitative estimate of drug-likeness (QED) is 0.0515. The van der Waals surface area contributed by atoms with E-state index in [0.29, 0.717) is 12.1 Å². The van der Waals surface area contributed by atoms with Gasteiger partial charge in [-0.3, -0.25) is 9.34 Å². The van der Waals surface area contributed by atoms with Crippen molar-refractivity contribution in [1.82, 2.24) is 9.34 Å². The molecule has 0 bridgehead atoms. The maximum absolute atomic E-state index is 10.5. The Bertz CT molecular complexity index is 2330. The minimum atomic E-state index is -5.19. The Hall–Kier alpha value is -0.728. The van der Waals surface area contributed by atoms with Crippen LogP contribution in [0.15, 0.2) is 48.5 Å². The van der Waals surface area contributed by atoms with Gasteiger partial charge >= 0.3 is 80.2 Å². The molecule has 0 N–H and O–H groups in total. The summed E-state index contributed by atoms with van der Waals surface area (Å²) in [6, 6.07) is 20.0. The molecule has 8 saturated carbocycles. The minimum absolute atomic E-state index is 0. The smallest absolute Gasteiger partial charge is 0.0671 e. The average molecular weight is 1700 g/mol. The molecular weight excluding hydrogens is 1610 g/mol. The predicted octanol–water partition coefficient (Wildman–Crippen LogP) is 16.4. The summed E-state index contributed by atoms with van der Waals surface area (Å²) in [5.74, 6) is -6.01. The van der Waals surface area contributed by atoms with E-state index in [1.807, 2.05) is 0 Å². The van der Waals surface area contributed by atoms with Crippen molar-refractivity contribution in [3.63, 3.8) is 0 Å². The maximum atomic E-state index is 10.5. The summed E-state index contributed by atoms with van der Waals surface area (Å²) < 4.78 is 129. The summed E-state index contributed by atoms with van der Waals surface area (Å²) in [4.78, 5) is 17.6. The second-order valence-electron chi connectivity index (χ2n) is 25.6. The van der Waals surface area contributed by atoms with E-state index in [1.54, 1.807) is 22.3 Å². The number of carbonyl (C=O) groups excluding carboxylic acids is 2. The Balaban J connectivity index is 0. The van der Waals surface area contributed by atoms with Crippen molar-refractivity contribution in [2.24, 2.45) is 0 Å². The van der Waals surface area contributed by atoms with Crippen LogP contribution >= 0.6 is 32.4 Å². The Kier molecular flexibility index (Phi) is 56.4. The Labute approximate surface area is 630 Å². The van der Waals surface area contributed by atoms with Crippen LogP contribution in [0, 0.1) is 39.9 Å². The summed E-state index contributed by atoms with van der Waals surface area (Å²) in [6.07, 6.45) is 39.2. The number of rotatable bonds is 16. The van der Waals surface area contributed by atoms with Crippen LogP contribution in [-0.4, -0.2) is 104 Å². The molecule has 2 aliphatic heterocycles. The van der Waals surface area contributed by atoms with E-state index in [-0.39, 0.29) is 106 Å². The second-order valence-corrected chi connectivity index (χ2v) is 35.9. The number of fused-ring (bicyclic) bond motifs is 2. The van der Waals surface area contributed by atoms with E-state index >= 15 is 0 Å². The van der Waals surface area contributed by atoms with Gasteiger partial charge < -0.3 is 28.8 Å². The molecule has 2 heterocycles. The Morgan fingerprint density at radius 3 is 0.735 bits per heavy atom. The molecule has 2 radical (unpaired) electrons. The predicted molar refractivity (Wildman–Crippen MR) is 342 cm³/mol.